The van der Waals surface area contributed by atoms with Crippen molar-refractivity contribution in [3.8, 4) is 55.6 Å². The average molecular weight is 830 g/mol. The minimum atomic E-state index is -0.666. The summed E-state index contributed by atoms with van der Waals surface area (Å²) in [4.78, 5) is 2.44. The number of hydrogen-bond donors (Lipinski definition) is 0. The Balaban J connectivity index is 1.08. The van der Waals surface area contributed by atoms with Crippen molar-refractivity contribution >= 4 is 17.1 Å². The second-order valence-electron chi connectivity index (χ2n) is 18.0. The smallest absolute Gasteiger partial charge is 0.0713 e. The summed E-state index contributed by atoms with van der Waals surface area (Å²) in [7, 11) is 0. The lowest BCUT2D eigenvalue weighted by Gasteiger charge is -2.38. The van der Waals surface area contributed by atoms with Crippen LogP contribution in [0.25, 0.3) is 55.6 Å². The SMILES string of the molecule is CC1(C)c2ccccc2-c2ccc(N(c3ccc(-c4ccccc4)cc3)c3ccc(C4(c5cccc(-c6ccccc6)c5)c5ccccc5-c5ccccc5-c5ccccc54)cc3)cc21. The van der Waals surface area contributed by atoms with E-state index in [1.165, 1.54) is 89.0 Å². The predicted molar refractivity (Wildman–Crippen MR) is 272 cm³/mol. The molecule has 12 rings (SSSR count). The van der Waals surface area contributed by atoms with Gasteiger partial charge in [0.05, 0.1) is 5.41 Å². The maximum atomic E-state index is 2.44. The van der Waals surface area contributed by atoms with Gasteiger partial charge >= 0.3 is 0 Å². The Morgan fingerprint density at radius 2 is 0.677 bits per heavy atom. The van der Waals surface area contributed by atoms with Crippen LogP contribution in [-0.2, 0) is 10.8 Å². The van der Waals surface area contributed by atoms with Gasteiger partial charge in [-0.1, -0.05) is 220 Å². The molecule has 2 aliphatic rings. The van der Waals surface area contributed by atoms with Gasteiger partial charge in [0.25, 0.3) is 0 Å². The molecule has 0 N–H and O–H groups in total. The lowest BCUT2D eigenvalue weighted by molar-refractivity contribution is 0.660. The number of hydrogen-bond acceptors (Lipinski definition) is 1. The molecule has 0 unspecified atom stereocenters. The van der Waals surface area contributed by atoms with E-state index in [0.717, 1.165) is 17.1 Å². The number of anilines is 3. The minimum absolute atomic E-state index is 0.132. The molecule has 0 saturated carbocycles. The van der Waals surface area contributed by atoms with E-state index in [-0.39, 0.29) is 5.41 Å². The number of nitrogens with zero attached hydrogens (tertiary/aromatic N) is 1. The third kappa shape index (κ3) is 6.15. The summed E-state index contributed by atoms with van der Waals surface area (Å²) in [5, 5.41) is 0. The molecule has 10 aromatic rings. The van der Waals surface area contributed by atoms with Crippen LogP contribution < -0.4 is 4.90 Å². The van der Waals surface area contributed by atoms with E-state index in [0.29, 0.717) is 0 Å². The highest BCUT2D eigenvalue weighted by Crippen LogP contribution is 2.56. The Morgan fingerprint density at radius 1 is 0.262 bits per heavy atom. The molecule has 0 heterocycles. The third-order valence-corrected chi connectivity index (χ3v) is 14.2. The molecule has 308 valence electrons. The quantitative estimate of drug-likeness (QED) is 0.155. The molecule has 0 aromatic heterocycles. The van der Waals surface area contributed by atoms with Gasteiger partial charge in [0, 0.05) is 22.5 Å². The fraction of sp³-hybridized carbons (Fsp3) is 0.0625. The minimum Gasteiger partial charge on any atom is -0.310 e. The van der Waals surface area contributed by atoms with Crippen LogP contribution in [0.1, 0.15) is 47.2 Å². The Labute approximate surface area is 382 Å². The van der Waals surface area contributed by atoms with E-state index in [4.69, 9.17) is 0 Å². The Kier molecular flexibility index (Phi) is 9.14. The second kappa shape index (κ2) is 15.4. The van der Waals surface area contributed by atoms with Gasteiger partial charge in [-0.05, 0) is 131 Å². The molecule has 1 heteroatoms. The summed E-state index contributed by atoms with van der Waals surface area (Å²) >= 11 is 0. The standard InChI is InChI=1S/C64H47N/c1-63(2)59-29-14-11-28-57(59)58-41-40-52(43-62(58)63)65(50-36-32-46(33-37-50)44-18-5-3-6-19-44)51-38-34-48(35-39-51)64(49-23-17-22-47(42-49)45-20-7-4-8-21-45)60-30-15-12-26-55(60)53-24-9-10-25-54(53)56-27-13-16-31-61(56)64/h3-43H,1-2H3. The highest BCUT2D eigenvalue weighted by molar-refractivity contribution is 5.93. The van der Waals surface area contributed by atoms with Crippen molar-refractivity contribution in [2.75, 3.05) is 4.90 Å². The van der Waals surface area contributed by atoms with Gasteiger partial charge in [0.15, 0.2) is 0 Å². The first kappa shape index (κ1) is 38.7. The van der Waals surface area contributed by atoms with E-state index in [1.807, 2.05) is 0 Å². The van der Waals surface area contributed by atoms with Crippen molar-refractivity contribution in [1.29, 1.82) is 0 Å². The lowest BCUT2D eigenvalue weighted by Crippen LogP contribution is -2.31. The van der Waals surface area contributed by atoms with Crippen molar-refractivity contribution in [3.63, 3.8) is 0 Å². The fourth-order valence-corrected chi connectivity index (χ4v) is 11.1. The summed E-state index contributed by atoms with van der Waals surface area (Å²) in [6.45, 7) is 4.73. The molecule has 0 atom stereocenters. The van der Waals surface area contributed by atoms with E-state index < -0.39 is 5.41 Å². The molecular formula is C64H47N. The summed E-state index contributed by atoms with van der Waals surface area (Å²) in [5.74, 6) is 0. The van der Waals surface area contributed by atoms with E-state index >= 15 is 0 Å². The van der Waals surface area contributed by atoms with Crippen molar-refractivity contribution in [1.82, 2.24) is 0 Å². The first-order valence-electron chi connectivity index (χ1n) is 22.8. The Bertz CT molecular complexity index is 3310. The highest BCUT2D eigenvalue weighted by Gasteiger charge is 2.44. The van der Waals surface area contributed by atoms with Gasteiger partial charge in [-0.3, -0.25) is 0 Å². The molecule has 0 saturated heterocycles. The van der Waals surface area contributed by atoms with Gasteiger partial charge in [0.2, 0.25) is 0 Å². The molecule has 65 heavy (non-hydrogen) atoms. The summed E-state index contributed by atoms with van der Waals surface area (Å²) in [6.07, 6.45) is 0. The molecule has 2 aliphatic carbocycles. The van der Waals surface area contributed by atoms with E-state index in [9.17, 15) is 0 Å². The number of fused-ring (bicyclic) bond motifs is 8. The first-order chi connectivity index (χ1) is 32.0. The van der Waals surface area contributed by atoms with Crippen LogP contribution in [-0.4, -0.2) is 0 Å². The number of rotatable bonds is 7. The van der Waals surface area contributed by atoms with Gasteiger partial charge < -0.3 is 4.90 Å². The monoisotopic (exact) mass is 829 g/mol. The molecular weight excluding hydrogens is 783 g/mol. The summed E-state index contributed by atoms with van der Waals surface area (Å²) in [6, 6.07) is 92.3. The van der Waals surface area contributed by atoms with Gasteiger partial charge in [0.1, 0.15) is 0 Å². The molecule has 0 amide bonds. The topological polar surface area (TPSA) is 3.24 Å². The molecule has 0 spiro atoms. The van der Waals surface area contributed by atoms with Crippen LogP contribution in [0.2, 0.25) is 0 Å². The number of benzene rings is 10. The summed E-state index contributed by atoms with van der Waals surface area (Å²) in [5.41, 5.74) is 22.7. The zero-order chi connectivity index (χ0) is 43.5. The van der Waals surface area contributed by atoms with Crippen LogP contribution in [0.15, 0.2) is 249 Å². The van der Waals surface area contributed by atoms with Gasteiger partial charge in [-0.15, -0.1) is 0 Å². The molecule has 0 fully saturated rings. The largest absolute Gasteiger partial charge is 0.310 e. The Hall–Kier alpha value is -8.00. The second-order valence-corrected chi connectivity index (χ2v) is 18.0. The van der Waals surface area contributed by atoms with Crippen molar-refractivity contribution in [3.05, 3.63) is 282 Å². The molecule has 0 bridgehead atoms. The summed E-state index contributed by atoms with van der Waals surface area (Å²) < 4.78 is 0. The molecule has 0 aliphatic heterocycles. The van der Waals surface area contributed by atoms with Crippen molar-refractivity contribution < 1.29 is 0 Å². The van der Waals surface area contributed by atoms with Crippen LogP contribution in [0.4, 0.5) is 17.1 Å². The van der Waals surface area contributed by atoms with Crippen LogP contribution in [0.5, 0.6) is 0 Å². The molecule has 0 radical (unpaired) electrons. The van der Waals surface area contributed by atoms with Crippen molar-refractivity contribution in [2.45, 2.75) is 24.7 Å². The van der Waals surface area contributed by atoms with Crippen LogP contribution in [0.3, 0.4) is 0 Å². The average Bonchev–Trinajstić information content (AvgIpc) is 3.53. The predicted octanol–water partition coefficient (Wildman–Crippen LogP) is 16.8. The fourth-order valence-electron chi connectivity index (χ4n) is 11.1. The van der Waals surface area contributed by atoms with Crippen molar-refractivity contribution in [2.24, 2.45) is 0 Å². The first-order valence-corrected chi connectivity index (χ1v) is 22.8. The van der Waals surface area contributed by atoms with Crippen LogP contribution >= 0.6 is 0 Å². The molecule has 10 aromatic carbocycles. The lowest BCUT2D eigenvalue weighted by atomic mass is 9.63. The third-order valence-electron chi connectivity index (χ3n) is 14.2. The zero-order valence-electron chi connectivity index (χ0n) is 36.6. The maximum Gasteiger partial charge on any atom is 0.0713 e. The Morgan fingerprint density at radius 3 is 1.26 bits per heavy atom. The van der Waals surface area contributed by atoms with Gasteiger partial charge in [-0.25, -0.2) is 0 Å². The van der Waals surface area contributed by atoms with E-state index in [1.54, 1.807) is 0 Å². The normalized spacial score (nSPS) is 13.6. The van der Waals surface area contributed by atoms with Gasteiger partial charge in [-0.2, -0.15) is 0 Å². The molecule has 1 nitrogen and oxygen atoms in total. The van der Waals surface area contributed by atoms with E-state index in [2.05, 4.69) is 267 Å². The highest BCUT2D eigenvalue weighted by atomic mass is 15.1. The van der Waals surface area contributed by atoms with Crippen LogP contribution in [0, 0.1) is 0 Å². The zero-order valence-corrected chi connectivity index (χ0v) is 36.6. The maximum absolute atomic E-state index is 2.44.